The Morgan fingerprint density at radius 1 is 1.35 bits per heavy atom. The SMILES string of the molecule is Cc1cn(C)c([C@H]2CCN(C(=O)c3cnn(C)c3)C2)n1. The van der Waals surface area contributed by atoms with E-state index >= 15 is 0 Å². The van der Waals surface area contributed by atoms with Crippen molar-refractivity contribution in [2.24, 2.45) is 14.1 Å². The molecule has 20 heavy (non-hydrogen) atoms. The van der Waals surface area contributed by atoms with Crippen LogP contribution < -0.4 is 0 Å². The van der Waals surface area contributed by atoms with Crippen LogP contribution in [0.2, 0.25) is 0 Å². The van der Waals surface area contributed by atoms with Crippen LogP contribution in [0.5, 0.6) is 0 Å². The summed E-state index contributed by atoms with van der Waals surface area (Å²) in [6.07, 6.45) is 6.39. The highest BCUT2D eigenvalue weighted by Crippen LogP contribution is 2.27. The Balaban J connectivity index is 1.73. The average molecular weight is 273 g/mol. The van der Waals surface area contributed by atoms with E-state index in [9.17, 15) is 4.79 Å². The van der Waals surface area contributed by atoms with E-state index in [1.165, 1.54) is 0 Å². The van der Waals surface area contributed by atoms with Crippen molar-refractivity contribution in [3.63, 3.8) is 0 Å². The van der Waals surface area contributed by atoms with Crippen LogP contribution in [-0.2, 0) is 14.1 Å². The van der Waals surface area contributed by atoms with Crippen LogP contribution in [0.25, 0.3) is 0 Å². The number of aryl methyl sites for hydroxylation is 3. The molecule has 1 fully saturated rings. The number of amides is 1. The number of rotatable bonds is 2. The third kappa shape index (κ3) is 2.21. The Morgan fingerprint density at radius 3 is 2.75 bits per heavy atom. The van der Waals surface area contributed by atoms with Crippen molar-refractivity contribution in [1.82, 2.24) is 24.2 Å². The van der Waals surface area contributed by atoms with Gasteiger partial charge in [0, 0.05) is 45.5 Å². The molecule has 3 heterocycles. The lowest BCUT2D eigenvalue weighted by molar-refractivity contribution is 0.0790. The first kappa shape index (κ1) is 12.9. The molecule has 1 aliphatic heterocycles. The number of hydrogen-bond acceptors (Lipinski definition) is 3. The molecule has 0 bridgehead atoms. The number of aromatic nitrogens is 4. The largest absolute Gasteiger partial charge is 0.338 e. The lowest BCUT2D eigenvalue weighted by atomic mass is 10.1. The highest BCUT2D eigenvalue weighted by Gasteiger charge is 2.30. The minimum absolute atomic E-state index is 0.0616. The van der Waals surface area contributed by atoms with Crippen molar-refractivity contribution in [2.45, 2.75) is 19.3 Å². The summed E-state index contributed by atoms with van der Waals surface area (Å²) in [4.78, 5) is 18.8. The first-order valence-corrected chi connectivity index (χ1v) is 6.82. The molecule has 2 aromatic heterocycles. The summed E-state index contributed by atoms with van der Waals surface area (Å²) in [6, 6.07) is 0. The molecule has 0 radical (unpaired) electrons. The van der Waals surface area contributed by atoms with Crippen molar-refractivity contribution < 1.29 is 4.79 Å². The van der Waals surface area contributed by atoms with Crippen LogP contribution in [0.1, 0.15) is 34.2 Å². The molecule has 6 nitrogen and oxygen atoms in total. The topological polar surface area (TPSA) is 56.0 Å². The lowest BCUT2D eigenvalue weighted by Crippen LogP contribution is -2.28. The molecule has 0 aromatic carbocycles. The summed E-state index contributed by atoms with van der Waals surface area (Å²) < 4.78 is 3.72. The van der Waals surface area contributed by atoms with Gasteiger partial charge in [-0.15, -0.1) is 0 Å². The number of nitrogens with zero attached hydrogens (tertiary/aromatic N) is 5. The minimum atomic E-state index is 0.0616. The molecule has 3 rings (SSSR count). The number of imidazole rings is 1. The van der Waals surface area contributed by atoms with Crippen molar-refractivity contribution in [3.8, 4) is 0 Å². The molecule has 1 amide bonds. The highest BCUT2D eigenvalue weighted by molar-refractivity contribution is 5.93. The van der Waals surface area contributed by atoms with Gasteiger partial charge in [-0.25, -0.2) is 4.98 Å². The summed E-state index contributed by atoms with van der Waals surface area (Å²) in [7, 11) is 3.83. The molecule has 1 atom stereocenters. The zero-order valence-electron chi connectivity index (χ0n) is 12.1. The quantitative estimate of drug-likeness (QED) is 0.823. The molecule has 2 aromatic rings. The number of hydrogen-bond donors (Lipinski definition) is 0. The fraction of sp³-hybridized carbons (Fsp3) is 0.500. The van der Waals surface area contributed by atoms with Gasteiger partial charge in [0.15, 0.2) is 0 Å². The third-order valence-electron chi connectivity index (χ3n) is 3.83. The molecule has 1 saturated heterocycles. The summed E-state index contributed by atoms with van der Waals surface area (Å²) in [5.74, 6) is 1.46. The van der Waals surface area contributed by atoms with Gasteiger partial charge >= 0.3 is 0 Å². The maximum Gasteiger partial charge on any atom is 0.257 e. The molecule has 0 N–H and O–H groups in total. The zero-order chi connectivity index (χ0) is 14.3. The summed E-state index contributed by atoms with van der Waals surface area (Å²) in [5.41, 5.74) is 1.68. The first-order valence-electron chi connectivity index (χ1n) is 6.82. The van der Waals surface area contributed by atoms with E-state index in [0.717, 1.165) is 31.0 Å². The van der Waals surface area contributed by atoms with Gasteiger partial charge in [0.25, 0.3) is 5.91 Å². The van der Waals surface area contributed by atoms with E-state index in [2.05, 4.69) is 14.6 Å². The summed E-state index contributed by atoms with van der Waals surface area (Å²) >= 11 is 0. The molecular formula is C14H19N5O. The highest BCUT2D eigenvalue weighted by atomic mass is 16.2. The van der Waals surface area contributed by atoms with Crippen LogP contribution in [-0.4, -0.2) is 43.2 Å². The Morgan fingerprint density at radius 2 is 2.15 bits per heavy atom. The lowest BCUT2D eigenvalue weighted by Gasteiger charge is -2.15. The Hall–Kier alpha value is -2.11. The zero-order valence-corrected chi connectivity index (χ0v) is 12.1. The maximum atomic E-state index is 12.4. The molecule has 6 heteroatoms. The summed E-state index contributed by atoms with van der Waals surface area (Å²) in [6.45, 7) is 3.51. The Labute approximate surface area is 118 Å². The number of carbonyl (C=O) groups excluding carboxylic acids is 1. The predicted molar refractivity (Wildman–Crippen MR) is 74.4 cm³/mol. The molecular weight excluding hydrogens is 254 g/mol. The number of likely N-dealkylation sites (tertiary alicyclic amines) is 1. The van der Waals surface area contributed by atoms with Gasteiger partial charge in [-0.2, -0.15) is 5.10 Å². The van der Waals surface area contributed by atoms with Crippen LogP contribution in [0.15, 0.2) is 18.6 Å². The second-order valence-corrected chi connectivity index (χ2v) is 5.49. The monoisotopic (exact) mass is 273 g/mol. The van der Waals surface area contributed by atoms with Gasteiger partial charge < -0.3 is 9.47 Å². The molecule has 0 spiro atoms. The van der Waals surface area contributed by atoms with Crippen molar-refractivity contribution in [1.29, 1.82) is 0 Å². The van der Waals surface area contributed by atoms with Crippen molar-refractivity contribution in [3.05, 3.63) is 35.7 Å². The molecule has 0 saturated carbocycles. The predicted octanol–water partition coefficient (Wildman–Crippen LogP) is 1.09. The van der Waals surface area contributed by atoms with E-state index in [1.807, 2.05) is 32.1 Å². The van der Waals surface area contributed by atoms with Crippen molar-refractivity contribution >= 4 is 5.91 Å². The van der Waals surface area contributed by atoms with Gasteiger partial charge in [-0.3, -0.25) is 9.48 Å². The van der Waals surface area contributed by atoms with E-state index < -0.39 is 0 Å². The fourth-order valence-electron chi connectivity index (χ4n) is 2.88. The van der Waals surface area contributed by atoms with E-state index in [0.29, 0.717) is 11.5 Å². The Kier molecular flexibility index (Phi) is 3.08. The van der Waals surface area contributed by atoms with Crippen LogP contribution >= 0.6 is 0 Å². The minimum Gasteiger partial charge on any atom is -0.338 e. The third-order valence-corrected chi connectivity index (χ3v) is 3.83. The normalized spacial score (nSPS) is 18.8. The van der Waals surface area contributed by atoms with E-state index in [-0.39, 0.29) is 5.91 Å². The Bertz CT molecular complexity index is 642. The van der Waals surface area contributed by atoms with Crippen LogP contribution in [0, 0.1) is 6.92 Å². The van der Waals surface area contributed by atoms with Gasteiger partial charge in [0.05, 0.1) is 17.5 Å². The van der Waals surface area contributed by atoms with Crippen LogP contribution in [0.3, 0.4) is 0 Å². The fourth-order valence-corrected chi connectivity index (χ4v) is 2.88. The molecule has 0 aliphatic carbocycles. The summed E-state index contributed by atoms with van der Waals surface area (Å²) in [5, 5.41) is 4.06. The van der Waals surface area contributed by atoms with E-state index in [1.54, 1.807) is 17.1 Å². The number of carbonyl (C=O) groups is 1. The molecule has 0 unspecified atom stereocenters. The van der Waals surface area contributed by atoms with Gasteiger partial charge in [-0.05, 0) is 13.3 Å². The van der Waals surface area contributed by atoms with Crippen LogP contribution in [0.4, 0.5) is 0 Å². The average Bonchev–Trinajstić information content (AvgIpc) is 3.08. The van der Waals surface area contributed by atoms with Crippen molar-refractivity contribution in [2.75, 3.05) is 13.1 Å². The smallest absolute Gasteiger partial charge is 0.257 e. The molecule has 1 aliphatic rings. The van der Waals surface area contributed by atoms with Gasteiger partial charge in [-0.1, -0.05) is 0 Å². The van der Waals surface area contributed by atoms with Gasteiger partial charge in [0.2, 0.25) is 0 Å². The van der Waals surface area contributed by atoms with E-state index in [4.69, 9.17) is 0 Å². The first-order chi connectivity index (χ1) is 9.54. The molecule has 106 valence electrons. The maximum absolute atomic E-state index is 12.4. The standard InChI is InChI=1S/C14H19N5O/c1-10-7-17(2)13(16-10)11-4-5-19(9-11)14(20)12-6-15-18(3)8-12/h6-8,11H,4-5,9H2,1-3H3/t11-/m0/s1. The second-order valence-electron chi connectivity index (χ2n) is 5.49. The van der Waals surface area contributed by atoms with Gasteiger partial charge in [0.1, 0.15) is 5.82 Å². The second kappa shape index (κ2) is 4.77.